The maximum atomic E-state index is 11.7. The van der Waals surface area contributed by atoms with Crippen LogP contribution in [0.5, 0.6) is 0 Å². The first kappa shape index (κ1) is 18.0. The summed E-state index contributed by atoms with van der Waals surface area (Å²) in [7, 11) is 2.05. The third kappa shape index (κ3) is 5.32. The number of rotatable bonds is 6. The minimum Gasteiger partial charge on any atom is -0.375 e. The number of anilines is 1. The summed E-state index contributed by atoms with van der Waals surface area (Å²) in [6, 6.07) is 8.48. The zero-order valence-electron chi connectivity index (χ0n) is 14.0. The first-order chi connectivity index (χ1) is 9.54. The van der Waals surface area contributed by atoms with Gasteiger partial charge in [-0.2, -0.15) is 0 Å². The minimum absolute atomic E-state index is 0.150. The second-order valence-electron chi connectivity index (χ2n) is 6.67. The van der Waals surface area contributed by atoms with Crippen LogP contribution in [0.3, 0.4) is 0 Å². The van der Waals surface area contributed by atoms with Crippen LogP contribution in [0.2, 0.25) is 0 Å². The Bertz CT molecular complexity index is 543. The molecule has 0 spiro atoms. The predicted octanol–water partition coefficient (Wildman–Crippen LogP) is 2.70. The van der Waals surface area contributed by atoms with Crippen molar-refractivity contribution in [3.8, 4) is 0 Å². The molecular weight excluding hydrogens is 284 g/mol. The van der Waals surface area contributed by atoms with Gasteiger partial charge in [0.15, 0.2) is 0 Å². The smallest absolute Gasteiger partial charge is 0.213 e. The van der Waals surface area contributed by atoms with Gasteiger partial charge >= 0.3 is 0 Å². The normalized spacial score (nSPS) is 12.7. The van der Waals surface area contributed by atoms with Crippen LogP contribution < -0.4 is 4.90 Å². The van der Waals surface area contributed by atoms with E-state index < -0.39 is 10.0 Å². The molecule has 0 aromatic heterocycles. The molecule has 0 amide bonds. The van der Waals surface area contributed by atoms with Crippen LogP contribution in [0.1, 0.15) is 32.8 Å². The molecule has 1 aromatic rings. The van der Waals surface area contributed by atoms with Crippen LogP contribution in [-0.2, 0) is 15.4 Å². The molecule has 0 saturated carbocycles. The standard InChI is InChI=1S/C16H28N2O2S/c1-16(2,3)14-8-10-15(11-9-14)18(6)12-7-13-21(19,20)17(4)5/h8-11H,7,12-13H2,1-6H3. The van der Waals surface area contributed by atoms with Crippen molar-refractivity contribution in [3.05, 3.63) is 29.8 Å². The lowest BCUT2D eigenvalue weighted by Crippen LogP contribution is -2.28. The van der Waals surface area contributed by atoms with E-state index in [1.807, 2.05) is 7.05 Å². The molecular formula is C16H28N2O2S. The topological polar surface area (TPSA) is 40.6 Å². The third-order valence-electron chi connectivity index (χ3n) is 3.63. The summed E-state index contributed by atoms with van der Waals surface area (Å²) >= 11 is 0. The van der Waals surface area contributed by atoms with Gasteiger partial charge in [0, 0.05) is 33.4 Å². The van der Waals surface area contributed by atoms with E-state index in [4.69, 9.17) is 0 Å². The molecule has 1 aromatic carbocycles. The fourth-order valence-corrected chi connectivity index (χ4v) is 2.87. The Hall–Kier alpha value is -1.07. The van der Waals surface area contributed by atoms with Crippen molar-refractivity contribution in [1.29, 1.82) is 0 Å². The van der Waals surface area contributed by atoms with E-state index in [2.05, 4.69) is 49.9 Å². The summed E-state index contributed by atoms with van der Waals surface area (Å²) in [5, 5.41) is 0. The molecule has 0 aliphatic carbocycles. The number of nitrogens with zero attached hydrogens (tertiary/aromatic N) is 2. The fraction of sp³-hybridized carbons (Fsp3) is 0.625. The summed E-state index contributed by atoms with van der Waals surface area (Å²) in [6.07, 6.45) is 0.623. The van der Waals surface area contributed by atoms with Gasteiger partial charge in [-0.3, -0.25) is 0 Å². The summed E-state index contributed by atoms with van der Waals surface area (Å²) < 4.78 is 24.7. The van der Waals surface area contributed by atoms with Gasteiger partial charge in [0.05, 0.1) is 5.75 Å². The first-order valence-electron chi connectivity index (χ1n) is 7.26. The van der Waals surface area contributed by atoms with E-state index in [0.29, 0.717) is 6.42 Å². The molecule has 1 rings (SSSR count). The number of hydrogen-bond acceptors (Lipinski definition) is 3. The van der Waals surface area contributed by atoms with E-state index in [0.717, 1.165) is 12.2 Å². The molecule has 0 heterocycles. The van der Waals surface area contributed by atoms with Gasteiger partial charge in [-0.05, 0) is 29.5 Å². The summed E-state index contributed by atoms with van der Waals surface area (Å²) in [6.45, 7) is 7.30. The number of hydrogen-bond donors (Lipinski definition) is 0. The molecule has 0 aliphatic rings. The Morgan fingerprint density at radius 1 is 1.00 bits per heavy atom. The Balaban J connectivity index is 2.59. The van der Waals surface area contributed by atoms with Crippen molar-refractivity contribution in [3.63, 3.8) is 0 Å². The van der Waals surface area contributed by atoms with Crippen LogP contribution in [0.25, 0.3) is 0 Å². The Morgan fingerprint density at radius 3 is 1.95 bits per heavy atom. The Morgan fingerprint density at radius 2 is 1.52 bits per heavy atom. The van der Waals surface area contributed by atoms with Crippen molar-refractivity contribution in [2.75, 3.05) is 38.3 Å². The fourth-order valence-electron chi connectivity index (χ4n) is 2.01. The average molecular weight is 312 g/mol. The third-order valence-corrected chi connectivity index (χ3v) is 5.54. The zero-order valence-corrected chi connectivity index (χ0v) is 14.9. The highest BCUT2D eigenvalue weighted by Crippen LogP contribution is 2.24. The van der Waals surface area contributed by atoms with Gasteiger partial charge in [-0.15, -0.1) is 0 Å². The van der Waals surface area contributed by atoms with Crippen molar-refractivity contribution >= 4 is 15.7 Å². The van der Waals surface area contributed by atoms with Crippen molar-refractivity contribution in [2.24, 2.45) is 0 Å². The van der Waals surface area contributed by atoms with Gasteiger partial charge in [0.1, 0.15) is 0 Å². The molecule has 0 radical (unpaired) electrons. The maximum absolute atomic E-state index is 11.7. The van der Waals surface area contributed by atoms with Crippen LogP contribution in [0.15, 0.2) is 24.3 Å². The highest BCUT2D eigenvalue weighted by atomic mass is 32.2. The van der Waals surface area contributed by atoms with Crippen molar-refractivity contribution < 1.29 is 8.42 Å². The summed E-state index contributed by atoms with van der Waals surface area (Å²) in [5.74, 6) is 0.185. The molecule has 0 fully saturated rings. The van der Waals surface area contributed by atoms with Crippen molar-refractivity contribution in [1.82, 2.24) is 4.31 Å². The van der Waals surface area contributed by atoms with E-state index in [9.17, 15) is 8.42 Å². The lowest BCUT2D eigenvalue weighted by molar-refractivity contribution is 0.518. The molecule has 0 aliphatic heterocycles. The molecule has 5 heteroatoms. The van der Waals surface area contributed by atoms with Crippen LogP contribution in [0.4, 0.5) is 5.69 Å². The monoisotopic (exact) mass is 312 g/mol. The SMILES string of the molecule is CN(CCCS(=O)(=O)N(C)C)c1ccc(C(C)(C)C)cc1. The molecule has 0 atom stereocenters. The van der Waals surface area contributed by atoms with E-state index in [-0.39, 0.29) is 11.2 Å². The molecule has 0 saturated heterocycles. The first-order valence-corrected chi connectivity index (χ1v) is 8.87. The molecule has 120 valence electrons. The maximum Gasteiger partial charge on any atom is 0.213 e. The number of sulfonamides is 1. The van der Waals surface area contributed by atoms with E-state index in [1.165, 1.54) is 9.87 Å². The predicted molar refractivity (Wildman–Crippen MR) is 90.5 cm³/mol. The van der Waals surface area contributed by atoms with Crippen LogP contribution in [0, 0.1) is 0 Å². The summed E-state index contributed by atoms with van der Waals surface area (Å²) in [4.78, 5) is 2.09. The van der Waals surface area contributed by atoms with Gasteiger partial charge < -0.3 is 4.90 Å². The lowest BCUT2D eigenvalue weighted by Gasteiger charge is -2.23. The highest BCUT2D eigenvalue weighted by molar-refractivity contribution is 7.89. The van der Waals surface area contributed by atoms with Gasteiger partial charge in [-0.25, -0.2) is 12.7 Å². The lowest BCUT2D eigenvalue weighted by atomic mass is 9.87. The van der Waals surface area contributed by atoms with Crippen LogP contribution >= 0.6 is 0 Å². The Labute approximate surface area is 129 Å². The molecule has 0 N–H and O–H groups in total. The molecule has 21 heavy (non-hydrogen) atoms. The quantitative estimate of drug-likeness (QED) is 0.811. The zero-order chi connectivity index (χ0) is 16.3. The van der Waals surface area contributed by atoms with Gasteiger partial charge in [-0.1, -0.05) is 32.9 Å². The minimum atomic E-state index is -3.10. The van der Waals surface area contributed by atoms with E-state index >= 15 is 0 Å². The second kappa shape index (κ2) is 6.79. The molecule has 4 nitrogen and oxygen atoms in total. The summed E-state index contributed by atoms with van der Waals surface area (Å²) in [5.41, 5.74) is 2.57. The second-order valence-corrected chi connectivity index (χ2v) is 8.97. The van der Waals surface area contributed by atoms with E-state index in [1.54, 1.807) is 14.1 Å². The van der Waals surface area contributed by atoms with Gasteiger partial charge in [0.2, 0.25) is 10.0 Å². The van der Waals surface area contributed by atoms with Crippen molar-refractivity contribution in [2.45, 2.75) is 32.6 Å². The molecule has 0 bridgehead atoms. The average Bonchev–Trinajstić information content (AvgIpc) is 2.37. The van der Waals surface area contributed by atoms with Gasteiger partial charge in [0.25, 0.3) is 0 Å². The van der Waals surface area contributed by atoms with Crippen LogP contribution in [-0.4, -0.2) is 46.2 Å². The highest BCUT2D eigenvalue weighted by Gasteiger charge is 2.15. The largest absolute Gasteiger partial charge is 0.375 e. The number of benzene rings is 1. The molecule has 0 unspecified atom stereocenters. The Kier molecular flexibility index (Phi) is 5.82.